The van der Waals surface area contributed by atoms with Crippen LogP contribution in [-0.2, 0) is 0 Å². The second-order valence-electron chi connectivity index (χ2n) is 5.04. The number of carbonyl (C=O) groups excluding carboxylic acids is 1. The Morgan fingerprint density at radius 3 is 2.48 bits per heavy atom. The molecule has 110 valence electrons. The van der Waals surface area contributed by atoms with Gasteiger partial charge >= 0.3 is 0 Å². The number of amides is 1. The van der Waals surface area contributed by atoms with Crippen molar-refractivity contribution in [3.63, 3.8) is 0 Å². The zero-order valence-corrected chi connectivity index (χ0v) is 12.3. The molecule has 2 aromatic carbocycles. The normalized spacial score (nSPS) is 11.9. The molecule has 0 bridgehead atoms. The van der Waals surface area contributed by atoms with Crippen LogP contribution in [0.15, 0.2) is 42.5 Å². The molecule has 2 aromatic rings. The molecule has 0 fully saturated rings. The molecule has 21 heavy (non-hydrogen) atoms. The third kappa shape index (κ3) is 3.34. The van der Waals surface area contributed by atoms with E-state index in [-0.39, 0.29) is 11.8 Å². The Morgan fingerprint density at radius 2 is 1.90 bits per heavy atom. The van der Waals surface area contributed by atoms with Gasteiger partial charge in [-0.05, 0) is 48.7 Å². The molecule has 4 N–H and O–H groups in total. The van der Waals surface area contributed by atoms with E-state index in [1.165, 1.54) is 0 Å². The van der Waals surface area contributed by atoms with Crippen LogP contribution in [0.3, 0.4) is 0 Å². The molecule has 0 saturated carbocycles. The number of phenolic OH excluding ortho intramolecular Hbond substituents is 1. The molecular weight excluding hydrogens is 264 g/mol. The van der Waals surface area contributed by atoms with Crippen LogP contribution in [0, 0.1) is 6.92 Å². The second kappa shape index (κ2) is 6.31. The highest BCUT2D eigenvalue weighted by molar-refractivity contribution is 5.95. The number of aromatic hydroxyl groups is 1. The van der Waals surface area contributed by atoms with Crippen molar-refractivity contribution < 1.29 is 9.90 Å². The lowest BCUT2D eigenvalue weighted by Crippen LogP contribution is -2.15. The van der Waals surface area contributed by atoms with Crippen molar-refractivity contribution in [3.05, 3.63) is 59.2 Å². The fourth-order valence-corrected chi connectivity index (χ4v) is 2.37. The summed E-state index contributed by atoms with van der Waals surface area (Å²) >= 11 is 0. The van der Waals surface area contributed by atoms with Crippen molar-refractivity contribution >= 4 is 11.6 Å². The van der Waals surface area contributed by atoms with Gasteiger partial charge in [0.2, 0.25) is 5.91 Å². The van der Waals surface area contributed by atoms with Crippen molar-refractivity contribution in [2.24, 2.45) is 5.73 Å². The van der Waals surface area contributed by atoms with Crippen molar-refractivity contribution in [2.45, 2.75) is 26.3 Å². The summed E-state index contributed by atoms with van der Waals surface area (Å²) in [7, 11) is 0. The number of rotatable bonds is 5. The number of carbonyl (C=O) groups is 1. The van der Waals surface area contributed by atoms with Gasteiger partial charge in [-0.15, -0.1) is 0 Å². The van der Waals surface area contributed by atoms with Gasteiger partial charge in [-0.2, -0.15) is 0 Å². The second-order valence-corrected chi connectivity index (χ2v) is 5.04. The van der Waals surface area contributed by atoms with Gasteiger partial charge in [0.15, 0.2) is 0 Å². The lowest BCUT2D eigenvalue weighted by atomic mass is 10.0. The maximum atomic E-state index is 11.4. The van der Waals surface area contributed by atoms with Gasteiger partial charge in [-0.1, -0.05) is 25.1 Å². The van der Waals surface area contributed by atoms with E-state index in [2.05, 4.69) is 12.2 Å². The molecule has 1 atom stereocenters. The Hall–Kier alpha value is -2.49. The summed E-state index contributed by atoms with van der Waals surface area (Å²) in [4.78, 5) is 11.4. The molecule has 4 heteroatoms. The molecule has 0 aliphatic rings. The molecule has 1 unspecified atom stereocenters. The summed E-state index contributed by atoms with van der Waals surface area (Å²) in [5, 5.41) is 12.8. The summed E-state index contributed by atoms with van der Waals surface area (Å²) in [6.07, 6.45) is 0.880. The number of phenols is 1. The minimum absolute atomic E-state index is 0.104. The molecule has 2 rings (SSSR count). The summed E-state index contributed by atoms with van der Waals surface area (Å²) in [5.74, 6) is -0.172. The van der Waals surface area contributed by atoms with Gasteiger partial charge in [0.1, 0.15) is 5.75 Å². The van der Waals surface area contributed by atoms with E-state index in [9.17, 15) is 9.90 Å². The van der Waals surface area contributed by atoms with Crippen LogP contribution in [0.5, 0.6) is 5.75 Å². The third-order valence-electron chi connectivity index (χ3n) is 3.63. The van der Waals surface area contributed by atoms with E-state index in [1.807, 2.05) is 31.2 Å². The first kappa shape index (κ1) is 14.9. The number of primary amides is 1. The number of benzene rings is 2. The first-order chi connectivity index (χ1) is 10.0. The summed E-state index contributed by atoms with van der Waals surface area (Å²) in [5.41, 5.74) is 8.73. The van der Waals surface area contributed by atoms with Gasteiger partial charge in [-0.3, -0.25) is 4.79 Å². The van der Waals surface area contributed by atoms with Crippen LogP contribution in [0.1, 0.15) is 40.9 Å². The number of nitrogens with two attached hydrogens (primary N) is 1. The molecular formula is C17H20N2O2. The van der Waals surface area contributed by atoms with E-state index in [4.69, 9.17) is 5.73 Å². The van der Waals surface area contributed by atoms with Crippen molar-refractivity contribution in [1.29, 1.82) is 0 Å². The highest BCUT2D eigenvalue weighted by atomic mass is 16.3. The monoisotopic (exact) mass is 284 g/mol. The lowest BCUT2D eigenvalue weighted by Gasteiger charge is -2.21. The first-order valence-corrected chi connectivity index (χ1v) is 6.97. The topological polar surface area (TPSA) is 75.3 Å². The zero-order chi connectivity index (χ0) is 15.4. The lowest BCUT2D eigenvalue weighted by molar-refractivity contribution is 0.0999. The average Bonchev–Trinajstić information content (AvgIpc) is 2.47. The number of hydrogen-bond donors (Lipinski definition) is 3. The van der Waals surface area contributed by atoms with Crippen LogP contribution in [0.25, 0.3) is 0 Å². The van der Waals surface area contributed by atoms with Gasteiger partial charge < -0.3 is 16.2 Å². The molecule has 4 nitrogen and oxygen atoms in total. The van der Waals surface area contributed by atoms with E-state index >= 15 is 0 Å². The highest BCUT2D eigenvalue weighted by Crippen LogP contribution is 2.27. The van der Waals surface area contributed by atoms with Crippen molar-refractivity contribution in [1.82, 2.24) is 0 Å². The minimum atomic E-state index is -0.422. The molecule has 0 aliphatic carbocycles. The Bertz CT molecular complexity index is 636. The van der Waals surface area contributed by atoms with Gasteiger partial charge in [0.05, 0.1) is 6.04 Å². The number of anilines is 1. The quantitative estimate of drug-likeness (QED) is 0.788. The summed E-state index contributed by atoms with van der Waals surface area (Å²) in [6, 6.07) is 12.7. The third-order valence-corrected chi connectivity index (χ3v) is 3.63. The fraction of sp³-hybridized carbons (Fsp3) is 0.235. The predicted molar refractivity (Wildman–Crippen MR) is 84.5 cm³/mol. The number of nitrogens with one attached hydrogen (secondary N) is 1. The maximum absolute atomic E-state index is 11.4. The van der Waals surface area contributed by atoms with Crippen LogP contribution in [0.4, 0.5) is 5.69 Å². The van der Waals surface area contributed by atoms with Crippen molar-refractivity contribution in [3.8, 4) is 5.75 Å². The van der Waals surface area contributed by atoms with Crippen LogP contribution in [-0.4, -0.2) is 11.0 Å². The first-order valence-electron chi connectivity index (χ1n) is 6.97. The molecule has 0 saturated heterocycles. The SMILES string of the molecule is CCC(Nc1cccc(C(N)=O)c1C)c1ccc(O)cc1. The van der Waals surface area contributed by atoms with E-state index < -0.39 is 5.91 Å². The molecule has 1 amide bonds. The van der Waals surface area contributed by atoms with Crippen LogP contribution < -0.4 is 11.1 Å². The molecule has 0 spiro atoms. The Morgan fingerprint density at radius 1 is 1.24 bits per heavy atom. The van der Waals surface area contributed by atoms with E-state index in [0.717, 1.165) is 23.2 Å². The van der Waals surface area contributed by atoms with Gasteiger partial charge in [0.25, 0.3) is 0 Å². The Kier molecular flexibility index (Phi) is 4.48. The molecule has 0 aromatic heterocycles. The number of hydrogen-bond acceptors (Lipinski definition) is 3. The van der Waals surface area contributed by atoms with Gasteiger partial charge in [0, 0.05) is 11.3 Å². The van der Waals surface area contributed by atoms with E-state index in [1.54, 1.807) is 18.2 Å². The van der Waals surface area contributed by atoms with E-state index in [0.29, 0.717) is 5.56 Å². The average molecular weight is 284 g/mol. The summed E-state index contributed by atoms with van der Waals surface area (Å²) < 4.78 is 0. The van der Waals surface area contributed by atoms with Crippen LogP contribution >= 0.6 is 0 Å². The Labute approximate surface area is 124 Å². The van der Waals surface area contributed by atoms with Crippen molar-refractivity contribution in [2.75, 3.05) is 5.32 Å². The maximum Gasteiger partial charge on any atom is 0.249 e. The standard InChI is InChI=1S/C17H20N2O2/c1-3-15(12-7-9-13(20)10-8-12)19-16-6-4-5-14(11(16)2)17(18)21/h4-10,15,19-20H,3H2,1-2H3,(H2,18,21). The largest absolute Gasteiger partial charge is 0.508 e. The van der Waals surface area contributed by atoms with Crippen LogP contribution in [0.2, 0.25) is 0 Å². The van der Waals surface area contributed by atoms with Gasteiger partial charge in [-0.25, -0.2) is 0 Å². The smallest absolute Gasteiger partial charge is 0.249 e. The molecule has 0 heterocycles. The predicted octanol–water partition coefficient (Wildman–Crippen LogP) is 3.36. The molecule has 0 aliphatic heterocycles. The fourth-order valence-electron chi connectivity index (χ4n) is 2.37. The zero-order valence-electron chi connectivity index (χ0n) is 12.3. The molecule has 0 radical (unpaired) electrons. The minimum Gasteiger partial charge on any atom is -0.508 e. The summed E-state index contributed by atoms with van der Waals surface area (Å²) in [6.45, 7) is 3.96. The highest BCUT2D eigenvalue weighted by Gasteiger charge is 2.13. The Balaban J connectivity index is 2.29.